The van der Waals surface area contributed by atoms with E-state index in [0.29, 0.717) is 5.69 Å². The van der Waals surface area contributed by atoms with Crippen molar-refractivity contribution in [1.29, 1.82) is 0 Å². The predicted molar refractivity (Wildman–Crippen MR) is 95.4 cm³/mol. The van der Waals surface area contributed by atoms with Crippen LogP contribution in [-0.2, 0) is 0 Å². The summed E-state index contributed by atoms with van der Waals surface area (Å²) in [5, 5.41) is 10.2. The smallest absolute Gasteiger partial charge is 0.266 e. The van der Waals surface area contributed by atoms with Crippen molar-refractivity contribution in [3.63, 3.8) is 0 Å². The summed E-state index contributed by atoms with van der Waals surface area (Å²) >= 11 is 6.50. The Morgan fingerprint density at radius 2 is 2.00 bits per heavy atom. The number of amides is 1. The molecule has 24 heavy (non-hydrogen) atoms. The molecule has 1 aliphatic heterocycles. The minimum absolute atomic E-state index is 0.198. The molecule has 2 atom stereocenters. The maximum absolute atomic E-state index is 11.9. The molecule has 0 bridgehead atoms. The van der Waals surface area contributed by atoms with E-state index >= 15 is 0 Å². The van der Waals surface area contributed by atoms with E-state index in [1.54, 1.807) is 35.6 Å². The van der Waals surface area contributed by atoms with Crippen LogP contribution < -0.4 is 10.4 Å². The fourth-order valence-electron chi connectivity index (χ4n) is 2.33. The molecule has 2 unspecified atom stereocenters. The van der Waals surface area contributed by atoms with E-state index in [0.717, 1.165) is 11.4 Å². The van der Waals surface area contributed by atoms with Gasteiger partial charge in [0.05, 0.1) is 11.6 Å². The van der Waals surface area contributed by atoms with Gasteiger partial charge in [-0.1, -0.05) is 35.9 Å². The molecule has 0 spiro atoms. The van der Waals surface area contributed by atoms with E-state index in [1.165, 1.54) is 0 Å². The second-order valence-electron chi connectivity index (χ2n) is 5.25. The Kier molecular flexibility index (Phi) is 4.86. The molecule has 1 aliphatic rings. The topological polar surface area (TPSA) is 70.0 Å². The first-order valence-electron chi connectivity index (χ1n) is 7.45. The first-order chi connectivity index (χ1) is 11.7. The maximum Gasteiger partial charge on any atom is 0.289 e. The van der Waals surface area contributed by atoms with E-state index in [1.807, 2.05) is 37.3 Å². The molecule has 0 saturated heterocycles. The molecule has 1 N–H and O–H groups in total. The summed E-state index contributed by atoms with van der Waals surface area (Å²) in [6.07, 6.45) is 3.15. The van der Waals surface area contributed by atoms with Crippen molar-refractivity contribution in [2.24, 2.45) is 16.1 Å². The van der Waals surface area contributed by atoms with E-state index < -0.39 is 5.50 Å². The van der Waals surface area contributed by atoms with Gasteiger partial charge in [0.1, 0.15) is 11.2 Å². The molecule has 0 saturated carbocycles. The number of hydrogen-bond acceptors (Lipinski definition) is 5. The fourth-order valence-corrected chi connectivity index (χ4v) is 2.74. The molecule has 0 aliphatic carbocycles. The molecule has 1 aromatic heterocycles. The number of hydrazone groups is 2. The Hall–Kier alpha value is -2.73. The second-order valence-corrected chi connectivity index (χ2v) is 5.70. The molecule has 6 nitrogen and oxygen atoms in total. The van der Waals surface area contributed by atoms with Gasteiger partial charge < -0.3 is 0 Å². The number of rotatable bonds is 4. The predicted octanol–water partition coefficient (Wildman–Crippen LogP) is 2.87. The van der Waals surface area contributed by atoms with Crippen molar-refractivity contribution in [3.8, 4) is 0 Å². The Morgan fingerprint density at radius 3 is 2.71 bits per heavy atom. The number of pyridine rings is 1. The first-order valence-corrected chi connectivity index (χ1v) is 7.88. The van der Waals surface area contributed by atoms with Crippen LogP contribution in [0, 0.1) is 5.92 Å². The van der Waals surface area contributed by atoms with Crippen LogP contribution in [0.15, 0.2) is 64.9 Å². The van der Waals surface area contributed by atoms with Crippen molar-refractivity contribution in [2.45, 2.75) is 12.4 Å². The molecule has 2 heterocycles. The van der Waals surface area contributed by atoms with Crippen LogP contribution in [0.4, 0.5) is 5.69 Å². The zero-order chi connectivity index (χ0) is 16.9. The van der Waals surface area contributed by atoms with Crippen LogP contribution in [0.3, 0.4) is 0 Å². The number of carbonyl (C=O) groups excluding carboxylic acids is 1. The zero-order valence-corrected chi connectivity index (χ0v) is 13.8. The first kappa shape index (κ1) is 16.1. The van der Waals surface area contributed by atoms with E-state index in [2.05, 4.69) is 20.6 Å². The molecule has 2 aromatic rings. The van der Waals surface area contributed by atoms with Gasteiger partial charge in [-0.2, -0.15) is 10.2 Å². The highest BCUT2D eigenvalue weighted by atomic mass is 35.5. The average Bonchev–Trinajstić information content (AvgIpc) is 2.91. The third kappa shape index (κ3) is 3.44. The minimum atomic E-state index is -0.400. The third-order valence-electron chi connectivity index (χ3n) is 3.60. The number of para-hydroxylation sites is 1. The van der Waals surface area contributed by atoms with Crippen LogP contribution in [0.2, 0.25) is 0 Å². The van der Waals surface area contributed by atoms with Crippen LogP contribution in [0.5, 0.6) is 0 Å². The van der Waals surface area contributed by atoms with Gasteiger partial charge >= 0.3 is 0 Å². The summed E-state index contributed by atoms with van der Waals surface area (Å²) in [4.78, 5) is 15.9. The molecule has 122 valence electrons. The van der Waals surface area contributed by atoms with Gasteiger partial charge in [0.15, 0.2) is 0 Å². The summed E-state index contributed by atoms with van der Waals surface area (Å²) in [6.45, 7) is 1.88. The van der Waals surface area contributed by atoms with Gasteiger partial charge in [-0.3, -0.25) is 9.78 Å². The van der Waals surface area contributed by atoms with Gasteiger partial charge in [0.2, 0.25) is 0 Å². The van der Waals surface area contributed by atoms with Crippen molar-refractivity contribution in [3.05, 3.63) is 60.4 Å². The lowest BCUT2D eigenvalue weighted by molar-refractivity contribution is 0.0950. The van der Waals surface area contributed by atoms with Gasteiger partial charge in [-0.15, -0.1) is 0 Å². The largest absolute Gasteiger partial charge is 0.289 e. The van der Waals surface area contributed by atoms with Gasteiger partial charge in [-0.05, 0) is 31.2 Å². The highest BCUT2D eigenvalue weighted by Crippen LogP contribution is 2.29. The zero-order valence-electron chi connectivity index (χ0n) is 13.0. The summed E-state index contributed by atoms with van der Waals surface area (Å²) in [5.41, 5.74) is 4.10. The average molecular weight is 342 g/mol. The second kappa shape index (κ2) is 7.23. The van der Waals surface area contributed by atoms with Crippen molar-refractivity contribution in [1.82, 2.24) is 10.4 Å². The molecule has 0 fully saturated rings. The van der Waals surface area contributed by atoms with Gasteiger partial charge in [0.25, 0.3) is 5.91 Å². The lowest BCUT2D eigenvalue weighted by atomic mass is 10.1. The lowest BCUT2D eigenvalue weighted by Crippen LogP contribution is -2.29. The third-order valence-corrected chi connectivity index (χ3v) is 4.05. The number of alkyl halides is 1. The number of hydrogen-bond donors (Lipinski definition) is 1. The van der Waals surface area contributed by atoms with E-state index in [4.69, 9.17) is 11.6 Å². The van der Waals surface area contributed by atoms with Crippen LogP contribution in [0.1, 0.15) is 17.4 Å². The lowest BCUT2D eigenvalue weighted by Gasteiger charge is -2.20. The Morgan fingerprint density at radius 1 is 1.25 bits per heavy atom. The van der Waals surface area contributed by atoms with Crippen LogP contribution in [0.25, 0.3) is 0 Å². The van der Waals surface area contributed by atoms with Crippen molar-refractivity contribution >= 4 is 35.1 Å². The highest BCUT2D eigenvalue weighted by molar-refractivity contribution is 6.26. The number of carbonyl (C=O) groups is 1. The number of aromatic nitrogens is 1. The molecule has 1 amide bonds. The quantitative estimate of drug-likeness (QED) is 0.402. The Balaban J connectivity index is 1.65. The number of halogens is 1. The molecule has 7 heteroatoms. The summed E-state index contributed by atoms with van der Waals surface area (Å²) in [7, 11) is 0. The molecule has 3 rings (SSSR count). The minimum Gasteiger partial charge on any atom is -0.266 e. The van der Waals surface area contributed by atoms with Crippen LogP contribution in [-0.4, -0.2) is 28.3 Å². The standard InChI is InChI=1S/C17H16ClN5O/c1-12-14(11-20-21-17(24)15-9-5-6-10-19-15)16(18)23(22-12)13-7-3-2-4-8-13/h2-11,14,16H,1H3,(H,21,24). The van der Waals surface area contributed by atoms with E-state index in [-0.39, 0.29) is 11.8 Å². The fraction of sp³-hybridized carbons (Fsp3) is 0.176. The van der Waals surface area contributed by atoms with Gasteiger partial charge in [0, 0.05) is 18.1 Å². The van der Waals surface area contributed by atoms with Crippen LogP contribution >= 0.6 is 11.6 Å². The Bertz CT molecular complexity index is 763. The number of anilines is 1. The molecular weight excluding hydrogens is 326 g/mol. The molecular formula is C17H16ClN5O. The summed E-state index contributed by atoms with van der Waals surface area (Å²) in [6, 6.07) is 14.8. The van der Waals surface area contributed by atoms with Crippen molar-refractivity contribution < 1.29 is 4.79 Å². The molecule has 1 aromatic carbocycles. The number of nitrogens with one attached hydrogen (secondary N) is 1. The van der Waals surface area contributed by atoms with Crippen molar-refractivity contribution in [2.75, 3.05) is 5.01 Å². The molecule has 0 radical (unpaired) electrons. The van der Waals surface area contributed by atoms with Gasteiger partial charge in [-0.25, -0.2) is 10.4 Å². The normalized spacial score (nSPS) is 20.2. The summed E-state index contributed by atoms with van der Waals surface area (Å²) in [5.74, 6) is -0.568. The Labute approximate surface area is 144 Å². The van der Waals surface area contributed by atoms with E-state index in [9.17, 15) is 4.79 Å². The monoisotopic (exact) mass is 341 g/mol. The highest BCUT2D eigenvalue weighted by Gasteiger charge is 2.33. The SMILES string of the molecule is CC1=NN(c2ccccc2)C(Cl)C1C=NNC(=O)c1ccccn1. The number of benzene rings is 1. The summed E-state index contributed by atoms with van der Waals surface area (Å²) < 4.78 is 0. The maximum atomic E-state index is 11.9. The number of nitrogens with zero attached hydrogens (tertiary/aromatic N) is 4.